The average molecular weight is 566 g/mol. The molecule has 0 radical (unpaired) electrons. The fourth-order valence-corrected chi connectivity index (χ4v) is 5.26. The van der Waals surface area contributed by atoms with Gasteiger partial charge in [0.25, 0.3) is 0 Å². The van der Waals surface area contributed by atoms with Crippen molar-refractivity contribution in [3.63, 3.8) is 0 Å². The van der Waals surface area contributed by atoms with Crippen LogP contribution in [0.4, 0.5) is 5.69 Å². The van der Waals surface area contributed by atoms with E-state index in [4.69, 9.17) is 21.1 Å². The van der Waals surface area contributed by atoms with Crippen LogP contribution in [0.5, 0.6) is 11.5 Å². The van der Waals surface area contributed by atoms with Gasteiger partial charge in [-0.25, -0.2) is 8.42 Å². The molecular formula is C27H36ClN3O6S. The summed E-state index contributed by atoms with van der Waals surface area (Å²) in [6, 6.07) is 11.4. The van der Waals surface area contributed by atoms with Crippen molar-refractivity contribution in [2.45, 2.75) is 52.6 Å². The van der Waals surface area contributed by atoms with Gasteiger partial charge in [-0.3, -0.25) is 13.9 Å². The summed E-state index contributed by atoms with van der Waals surface area (Å²) in [5, 5.41) is 3.52. The lowest BCUT2D eigenvalue weighted by Gasteiger charge is -2.31. The Kier molecular flexibility index (Phi) is 10.3. The van der Waals surface area contributed by atoms with Gasteiger partial charge in [0.2, 0.25) is 28.6 Å². The Bertz CT molecular complexity index is 1220. The normalized spacial score (nSPS) is 13.3. The minimum Gasteiger partial charge on any atom is -0.454 e. The lowest BCUT2D eigenvalue weighted by molar-refractivity contribution is -0.141. The summed E-state index contributed by atoms with van der Waals surface area (Å²) in [6.07, 6.45) is 1.90. The molecule has 0 aliphatic carbocycles. The van der Waals surface area contributed by atoms with Gasteiger partial charge < -0.3 is 19.7 Å². The van der Waals surface area contributed by atoms with Crippen molar-refractivity contribution < 1.29 is 27.5 Å². The van der Waals surface area contributed by atoms with E-state index in [2.05, 4.69) is 5.32 Å². The quantitative estimate of drug-likeness (QED) is 0.390. The van der Waals surface area contributed by atoms with Crippen LogP contribution in [-0.2, 0) is 26.2 Å². The molecule has 0 saturated carbocycles. The topological polar surface area (TPSA) is 105 Å². The molecule has 38 heavy (non-hydrogen) atoms. The van der Waals surface area contributed by atoms with Gasteiger partial charge in [-0.1, -0.05) is 44.5 Å². The van der Waals surface area contributed by atoms with Crippen molar-refractivity contribution in [2.75, 3.05) is 30.4 Å². The van der Waals surface area contributed by atoms with E-state index >= 15 is 0 Å². The minimum atomic E-state index is -3.62. The van der Waals surface area contributed by atoms with Crippen LogP contribution in [0.3, 0.4) is 0 Å². The molecule has 0 unspecified atom stereocenters. The van der Waals surface area contributed by atoms with E-state index in [-0.39, 0.29) is 50.5 Å². The van der Waals surface area contributed by atoms with Crippen LogP contribution in [0.1, 0.15) is 45.6 Å². The predicted octanol–water partition coefficient (Wildman–Crippen LogP) is 4.19. The molecule has 9 nitrogen and oxygen atoms in total. The molecule has 1 aliphatic heterocycles. The van der Waals surface area contributed by atoms with Crippen LogP contribution in [0.15, 0.2) is 42.5 Å². The number of carbonyl (C=O) groups excluding carboxylic acids is 2. The third kappa shape index (κ3) is 8.01. The predicted molar refractivity (Wildman–Crippen MR) is 148 cm³/mol. The highest BCUT2D eigenvalue weighted by Gasteiger charge is 2.29. The summed E-state index contributed by atoms with van der Waals surface area (Å²) >= 11 is 6.03. The monoisotopic (exact) mass is 565 g/mol. The standard InChI is InChI=1S/C27H36ClN3O6S/c1-5-23(27(33)29-16-19(2)3)30(17-20-8-10-21(28)11-9-20)26(32)7-6-14-31(38(4,34)35)22-12-13-24-25(15-22)37-18-36-24/h8-13,15,19,23H,5-7,14,16-18H2,1-4H3,(H,29,33)/t23-/m0/s1. The highest BCUT2D eigenvalue weighted by atomic mass is 35.5. The number of fused-ring (bicyclic) bond motifs is 1. The van der Waals surface area contributed by atoms with Crippen molar-refractivity contribution in [3.05, 3.63) is 53.1 Å². The molecular weight excluding hydrogens is 530 g/mol. The molecule has 0 saturated heterocycles. The molecule has 1 aliphatic rings. The summed E-state index contributed by atoms with van der Waals surface area (Å²) in [5.41, 5.74) is 1.28. The van der Waals surface area contributed by atoms with Crippen molar-refractivity contribution in [1.82, 2.24) is 10.2 Å². The Hall–Kier alpha value is -2.98. The smallest absolute Gasteiger partial charge is 0.242 e. The summed E-state index contributed by atoms with van der Waals surface area (Å²) in [6.45, 7) is 6.80. The zero-order chi connectivity index (χ0) is 27.9. The highest BCUT2D eigenvalue weighted by molar-refractivity contribution is 7.92. The first-order chi connectivity index (χ1) is 18.0. The maximum absolute atomic E-state index is 13.5. The van der Waals surface area contributed by atoms with Crippen LogP contribution < -0.4 is 19.1 Å². The van der Waals surface area contributed by atoms with E-state index in [9.17, 15) is 18.0 Å². The van der Waals surface area contributed by atoms with Crippen LogP contribution in [0.25, 0.3) is 0 Å². The van der Waals surface area contributed by atoms with Crippen molar-refractivity contribution in [1.29, 1.82) is 0 Å². The fraction of sp³-hybridized carbons (Fsp3) is 0.481. The molecule has 3 rings (SSSR count). The van der Waals surface area contributed by atoms with E-state index in [1.807, 2.05) is 32.9 Å². The third-order valence-electron chi connectivity index (χ3n) is 6.13. The lowest BCUT2D eigenvalue weighted by Crippen LogP contribution is -2.49. The number of carbonyl (C=O) groups is 2. The second kappa shape index (κ2) is 13.2. The van der Waals surface area contributed by atoms with E-state index in [0.29, 0.717) is 35.2 Å². The average Bonchev–Trinajstić information content (AvgIpc) is 3.33. The zero-order valence-corrected chi connectivity index (χ0v) is 23.8. The van der Waals surface area contributed by atoms with Crippen molar-refractivity contribution in [2.24, 2.45) is 5.92 Å². The zero-order valence-electron chi connectivity index (χ0n) is 22.3. The molecule has 0 fully saturated rings. The second-order valence-electron chi connectivity index (χ2n) is 9.69. The van der Waals surface area contributed by atoms with Gasteiger partial charge in [-0.15, -0.1) is 0 Å². The third-order valence-corrected chi connectivity index (χ3v) is 7.58. The van der Waals surface area contributed by atoms with Crippen molar-refractivity contribution >= 4 is 39.1 Å². The fourth-order valence-electron chi connectivity index (χ4n) is 4.17. The molecule has 2 aromatic carbocycles. The first kappa shape index (κ1) is 29.6. The number of rotatable bonds is 13. The van der Waals surface area contributed by atoms with Crippen molar-refractivity contribution in [3.8, 4) is 11.5 Å². The summed E-state index contributed by atoms with van der Waals surface area (Å²) < 4.78 is 37.1. The maximum atomic E-state index is 13.5. The van der Waals surface area contributed by atoms with Crippen LogP contribution >= 0.6 is 11.6 Å². The number of benzene rings is 2. The molecule has 1 atom stereocenters. The Morgan fingerprint density at radius 2 is 1.76 bits per heavy atom. The molecule has 11 heteroatoms. The summed E-state index contributed by atoms with van der Waals surface area (Å²) in [7, 11) is -3.62. The Balaban J connectivity index is 1.75. The van der Waals surface area contributed by atoms with E-state index in [0.717, 1.165) is 11.8 Å². The Labute approximate surface area is 230 Å². The van der Waals surface area contributed by atoms with Gasteiger partial charge in [0.15, 0.2) is 11.5 Å². The van der Waals surface area contributed by atoms with Gasteiger partial charge in [-0.05, 0) is 48.6 Å². The number of amides is 2. The first-order valence-corrected chi connectivity index (χ1v) is 14.9. The maximum Gasteiger partial charge on any atom is 0.242 e. The lowest BCUT2D eigenvalue weighted by atomic mass is 10.1. The number of halogens is 1. The number of anilines is 1. The molecule has 1 N–H and O–H groups in total. The van der Waals surface area contributed by atoms with E-state index < -0.39 is 16.1 Å². The Morgan fingerprint density at radius 1 is 1.08 bits per heavy atom. The van der Waals surface area contributed by atoms with Gasteiger partial charge in [-0.2, -0.15) is 0 Å². The number of nitrogens with one attached hydrogen (secondary N) is 1. The highest BCUT2D eigenvalue weighted by Crippen LogP contribution is 2.36. The largest absolute Gasteiger partial charge is 0.454 e. The van der Waals surface area contributed by atoms with Gasteiger partial charge >= 0.3 is 0 Å². The molecule has 2 amide bonds. The van der Waals surface area contributed by atoms with Gasteiger partial charge in [0.1, 0.15) is 6.04 Å². The molecule has 208 valence electrons. The first-order valence-electron chi connectivity index (χ1n) is 12.7. The number of hydrogen-bond acceptors (Lipinski definition) is 6. The van der Waals surface area contributed by atoms with Gasteiger partial charge in [0.05, 0.1) is 11.9 Å². The van der Waals surface area contributed by atoms with Crippen LogP contribution in [0, 0.1) is 5.92 Å². The molecule has 1 heterocycles. The van der Waals surface area contributed by atoms with Crippen LogP contribution in [0.2, 0.25) is 5.02 Å². The second-order valence-corrected chi connectivity index (χ2v) is 12.0. The molecule has 2 aromatic rings. The van der Waals surface area contributed by atoms with Crippen LogP contribution in [-0.4, -0.2) is 57.3 Å². The molecule has 0 spiro atoms. The molecule has 0 aromatic heterocycles. The number of hydrogen-bond donors (Lipinski definition) is 1. The Morgan fingerprint density at radius 3 is 2.39 bits per heavy atom. The van der Waals surface area contributed by atoms with E-state index in [1.165, 1.54) is 4.31 Å². The number of nitrogens with zero attached hydrogens (tertiary/aromatic N) is 2. The minimum absolute atomic E-state index is 0.0676. The number of sulfonamides is 1. The van der Waals surface area contributed by atoms with Gasteiger partial charge in [0, 0.05) is 37.1 Å². The number of ether oxygens (including phenoxy) is 2. The summed E-state index contributed by atoms with van der Waals surface area (Å²) in [5.74, 6) is 0.860. The summed E-state index contributed by atoms with van der Waals surface area (Å²) in [4.78, 5) is 28.1. The van der Waals surface area contributed by atoms with E-state index in [1.54, 1.807) is 35.2 Å². The molecule has 0 bridgehead atoms. The SMILES string of the molecule is CC[C@@H](C(=O)NCC(C)C)N(Cc1ccc(Cl)cc1)C(=O)CCCN(c1ccc2c(c1)OCO2)S(C)(=O)=O.